The SMILES string of the molecule is CC[C@@H](CO)NC(C)CS(=O)(=O)CC. The first kappa shape index (κ1) is 13.9. The van der Waals surface area contributed by atoms with Crippen LogP contribution in [0.1, 0.15) is 27.2 Å². The van der Waals surface area contributed by atoms with Gasteiger partial charge < -0.3 is 10.4 Å². The van der Waals surface area contributed by atoms with Gasteiger partial charge >= 0.3 is 0 Å². The first-order chi connectivity index (χ1) is 6.45. The second-order valence-corrected chi connectivity index (χ2v) is 5.95. The minimum Gasteiger partial charge on any atom is -0.395 e. The van der Waals surface area contributed by atoms with Crippen molar-refractivity contribution in [2.45, 2.75) is 39.3 Å². The molecule has 2 atom stereocenters. The Morgan fingerprint density at radius 1 is 1.36 bits per heavy atom. The third-order valence-electron chi connectivity index (χ3n) is 2.18. The van der Waals surface area contributed by atoms with E-state index in [2.05, 4.69) is 5.32 Å². The second-order valence-electron chi connectivity index (χ2n) is 3.55. The normalized spacial score (nSPS) is 16.6. The summed E-state index contributed by atoms with van der Waals surface area (Å²) in [4.78, 5) is 0. The number of hydrogen-bond acceptors (Lipinski definition) is 4. The smallest absolute Gasteiger partial charge is 0.151 e. The van der Waals surface area contributed by atoms with Gasteiger partial charge in [0.15, 0.2) is 9.84 Å². The molecule has 1 unspecified atom stereocenters. The molecule has 0 aromatic heterocycles. The zero-order valence-electron chi connectivity index (χ0n) is 9.16. The molecule has 0 aliphatic rings. The Kier molecular flexibility index (Phi) is 6.31. The maximum Gasteiger partial charge on any atom is 0.151 e. The molecular formula is C9H21NO3S. The molecule has 0 radical (unpaired) electrons. The monoisotopic (exact) mass is 223 g/mol. The molecule has 0 aliphatic heterocycles. The Bertz CT molecular complexity index is 234. The van der Waals surface area contributed by atoms with Gasteiger partial charge in [-0.05, 0) is 13.3 Å². The molecule has 5 heteroatoms. The van der Waals surface area contributed by atoms with E-state index in [0.29, 0.717) is 0 Å². The molecule has 0 aromatic carbocycles. The molecule has 14 heavy (non-hydrogen) atoms. The largest absolute Gasteiger partial charge is 0.395 e. The van der Waals surface area contributed by atoms with Gasteiger partial charge in [-0.15, -0.1) is 0 Å². The van der Waals surface area contributed by atoms with Crippen molar-refractivity contribution in [1.29, 1.82) is 0 Å². The van der Waals surface area contributed by atoms with Crippen LogP contribution in [0.25, 0.3) is 0 Å². The van der Waals surface area contributed by atoms with E-state index in [1.54, 1.807) is 6.92 Å². The van der Waals surface area contributed by atoms with E-state index in [1.165, 1.54) is 0 Å². The van der Waals surface area contributed by atoms with Crippen LogP contribution in [0.4, 0.5) is 0 Å². The fourth-order valence-corrected chi connectivity index (χ4v) is 2.34. The summed E-state index contributed by atoms with van der Waals surface area (Å²) in [6.07, 6.45) is 0.799. The van der Waals surface area contributed by atoms with Crippen molar-refractivity contribution >= 4 is 9.84 Å². The summed E-state index contributed by atoms with van der Waals surface area (Å²) in [6, 6.07) is -0.103. The van der Waals surface area contributed by atoms with Crippen molar-refractivity contribution < 1.29 is 13.5 Å². The molecule has 0 spiro atoms. The van der Waals surface area contributed by atoms with Crippen LogP contribution in [0, 0.1) is 0 Å². The van der Waals surface area contributed by atoms with E-state index >= 15 is 0 Å². The fraction of sp³-hybridized carbons (Fsp3) is 1.00. The summed E-state index contributed by atoms with van der Waals surface area (Å²) in [6.45, 7) is 5.47. The third-order valence-corrected chi connectivity index (χ3v) is 4.06. The predicted octanol–water partition coefficient (Wildman–Crippen LogP) is 0.170. The van der Waals surface area contributed by atoms with Gasteiger partial charge in [-0.25, -0.2) is 8.42 Å². The van der Waals surface area contributed by atoms with Crippen molar-refractivity contribution in [3.63, 3.8) is 0 Å². The summed E-state index contributed by atoms with van der Waals surface area (Å²) in [7, 11) is -2.92. The van der Waals surface area contributed by atoms with E-state index in [0.717, 1.165) is 6.42 Å². The number of aliphatic hydroxyl groups excluding tert-OH is 1. The molecule has 0 rings (SSSR count). The minimum absolute atomic E-state index is 0.00273. The molecule has 4 nitrogen and oxygen atoms in total. The molecule has 0 bridgehead atoms. The first-order valence-electron chi connectivity index (χ1n) is 5.02. The third kappa shape index (κ3) is 5.57. The van der Waals surface area contributed by atoms with Gasteiger partial charge in [0, 0.05) is 17.8 Å². The maximum absolute atomic E-state index is 11.3. The zero-order chi connectivity index (χ0) is 11.2. The van der Waals surface area contributed by atoms with Gasteiger partial charge in [-0.2, -0.15) is 0 Å². The number of sulfone groups is 1. The average molecular weight is 223 g/mol. The highest BCUT2D eigenvalue weighted by Crippen LogP contribution is 1.97. The summed E-state index contributed by atoms with van der Waals surface area (Å²) in [5.74, 6) is 0.314. The van der Waals surface area contributed by atoms with Crippen molar-refractivity contribution in [1.82, 2.24) is 5.32 Å². The van der Waals surface area contributed by atoms with E-state index in [1.807, 2.05) is 13.8 Å². The van der Waals surface area contributed by atoms with Crippen LogP contribution in [-0.4, -0.2) is 43.7 Å². The molecule has 86 valence electrons. The minimum atomic E-state index is -2.92. The standard InChI is InChI=1S/C9H21NO3S/c1-4-9(6-11)10-8(3)7-14(12,13)5-2/h8-11H,4-7H2,1-3H3/t8?,9-/m0/s1. The molecule has 0 saturated heterocycles. The van der Waals surface area contributed by atoms with Crippen molar-refractivity contribution in [2.24, 2.45) is 0 Å². The summed E-state index contributed by atoms with van der Waals surface area (Å²) >= 11 is 0. The highest BCUT2D eigenvalue weighted by molar-refractivity contribution is 7.91. The Labute approximate surface area is 86.6 Å². The van der Waals surface area contributed by atoms with Gasteiger partial charge in [-0.1, -0.05) is 13.8 Å². The lowest BCUT2D eigenvalue weighted by atomic mass is 10.2. The van der Waals surface area contributed by atoms with Crippen LogP contribution >= 0.6 is 0 Å². The molecular weight excluding hydrogens is 202 g/mol. The Morgan fingerprint density at radius 3 is 2.29 bits per heavy atom. The molecule has 0 saturated carbocycles. The molecule has 2 N–H and O–H groups in total. The summed E-state index contributed by atoms with van der Waals surface area (Å²) in [5, 5.41) is 12.0. The molecule has 0 aromatic rings. The Morgan fingerprint density at radius 2 is 1.93 bits per heavy atom. The van der Waals surface area contributed by atoms with Crippen LogP contribution in [0.5, 0.6) is 0 Å². The van der Waals surface area contributed by atoms with Crippen molar-refractivity contribution in [3.8, 4) is 0 Å². The van der Waals surface area contributed by atoms with Gasteiger partial charge in [0.1, 0.15) is 0 Å². The van der Waals surface area contributed by atoms with Crippen LogP contribution in [0.15, 0.2) is 0 Å². The highest BCUT2D eigenvalue weighted by atomic mass is 32.2. The fourth-order valence-electron chi connectivity index (χ4n) is 1.25. The summed E-state index contributed by atoms with van der Waals surface area (Å²) < 4.78 is 22.5. The van der Waals surface area contributed by atoms with E-state index < -0.39 is 9.84 Å². The first-order valence-corrected chi connectivity index (χ1v) is 6.84. The number of rotatable bonds is 7. The molecule has 0 fully saturated rings. The predicted molar refractivity (Wildman–Crippen MR) is 58.1 cm³/mol. The van der Waals surface area contributed by atoms with Gasteiger partial charge in [0.05, 0.1) is 12.4 Å². The van der Waals surface area contributed by atoms with Gasteiger partial charge in [0.25, 0.3) is 0 Å². The lowest BCUT2D eigenvalue weighted by Crippen LogP contribution is -2.42. The van der Waals surface area contributed by atoms with Crippen LogP contribution in [-0.2, 0) is 9.84 Å². The molecule has 0 amide bonds. The van der Waals surface area contributed by atoms with Gasteiger partial charge in [0.2, 0.25) is 0 Å². The van der Waals surface area contributed by atoms with E-state index in [-0.39, 0.29) is 30.2 Å². The van der Waals surface area contributed by atoms with E-state index in [9.17, 15) is 8.42 Å². The molecule has 0 heterocycles. The average Bonchev–Trinajstić information content (AvgIpc) is 2.13. The van der Waals surface area contributed by atoms with E-state index in [4.69, 9.17) is 5.11 Å². The second kappa shape index (κ2) is 6.37. The number of aliphatic hydroxyl groups is 1. The van der Waals surface area contributed by atoms with Crippen LogP contribution in [0.2, 0.25) is 0 Å². The number of hydrogen-bond donors (Lipinski definition) is 2. The quantitative estimate of drug-likeness (QED) is 0.646. The summed E-state index contributed by atoms with van der Waals surface area (Å²) in [5.41, 5.74) is 0. The Balaban J connectivity index is 4.03. The van der Waals surface area contributed by atoms with Crippen LogP contribution in [0.3, 0.4) is 0 Å². The highest BCUT2D eigenvalue weighted by Gasteiger charge is 2.15. The number of nitrogens with one attached hydrogen (secondary N) is 1. The van der Waals surface area contributed by atoms with Gasteiger partial charge in [-0.3, -0.25) is 0 Å². The maximum atomic E-state index is 11.3. The zero-order valence-corrected chi connectivity index (χ0v) is 9.97. The van der Waals surface area contributed by atoms with Crippen molar-refractivity contribution in [2.75, 3.05) is 18.1 Å². The lowest BCUT2D eigenvalue weighted by Gasteiger charge is -2.20. The topological polar surface area (TPSA) is 66.4 Å². The lowest BCUT2D eigenvalue weighted by molar-refractivity contribution is 0.232. The molecule has 0 aliphatic carbocycles. The van der Waals surface area contributed by atoms with Crippen molar-refractivity contribution in [3.05, 3.63) is 0 Å². The van der Waals surface area contributed by atoms with Crippen LogP contribution < -0.4 is 5.32 Å². The Hall–Kier alpha value is -0.130.